The first-order valence-corrected chi connectivity index (χ1v) is 9.80. The third-order valence-corrected chi connectivity index (χ3v) is 5.54. The summed E-state index contributed by atoms with van der Waals surface area (Å²) in [4.78, 5) is 16.0. The zero-order valence-electron chi connectivity index (χ0n) is 14.3. The number of benzene rings is 1. The first kappa shape index (κ1) is 15.6. The van der Waals surface area contributed by atoms with Gasteiger partial charge >= 0.3 is 0 Å². The van der Waals surface area contributed by atoms with Gasteiger partial charge in [-0.1, -0.05) is 12.1 Å². The van der Waals surface area contributed by atoms with Gasteiger partial charge in [0, 0.05) is 36.8 Å². The molecule has 0 unspecified atom stereocenters. The zero-order chi connectivity index (χ0) is 17.3. The summed E-state index contributed by atoms with van der Waals surface area (Å²) >= 11 is 1.63. The summed E-state index contributed by atoms with van der Waals surface area (Å²) in [6.07, 6.45) is 6.17. The molecule has 0 bridgehead atoms. The number of piperidine rings is 1. The van der Waals surface area contributed by atoms with Gasteiger partial charge in [-0.05, 0) is 25.0 Å². The molecule has 5 rings (SSSR count). The van der Waals surface area contributed by atoms with Crippen LogP contribution in [0.4, 0.5) is 6.01 Å². The lowest BCUT2D eigenvalue weighted by atomic mass is 9.97. The second kappa shape index (κ2) is 6.57. The van der Waals surface area contributed by atoms with Crippen molar-refractivity contribution in [2.75, 3.05) is 18.0 Å². The van der Waals surface area contributed by atoms with E-state index >= 15 is 0 Å². The zero-order valence-corrected chi connectivity index (χ0v) is 15.1. The van der Waals surface area contributed by atoms with E-state index < -0.39 is 0 Å². The fourth-order valence-corrected chi connectivity index (χ4v) is 4.21. The number of nitrogens with zero attached hydrogens (tertiary/aromatic N) is 5. The van der Waals surface area contributed by atoms with E-state index in [1.54, 1.807) is 11.3 Å². The maximum atomic E-state index is 5.97. The Balaban J connectivity index is 1.38. The SMILES string of the molecule is c1ccc2oc(N3CCC[C@@H](c4nccn4Cc4cscn4)C3)nc2c1. The smallest absolute Gasteiger partial charge is 0.298 e. The van der Waals surface area contributed by atoms with Crippen molar-refractivity contribution < 1.29 is 4.42 Å². The molecule has 0 saturated carbocycles. The van der Waals surface area contributed by atoms with E-state index in [1.807, 2.05) is 42.2 Å². The molecule has 1 fully saturated rings. The molecule has 0 amide bonds. The number of fused-ring (bicyclic) bond motifs is 1. The Morgan fingerprint density at radius 2 is 2.19 bits per heavy atom. The maximum Gasteiger partial charge on any atom is 0.298 e. The third kappa shape index (κ3) is 2.88. The van der Waals surface area contributed by atoms with Crippen LogP contribution in [0.25, 0.3) is 11.1 Å². The highest BCUT2D eigenvalue weighted by Gasteiger charge is 2.27. The van der Waals surface area contributed by atoms with Crippen LogP contribution in [0.15, 0.2) is 52.0 Å². The molecule has 7 heteroatoms. The van der Waals surface area contributed by atoms with Crippen molar-refractivity contribution in [2.45, 2.75) is 25.3 Å². The molecule has 1 aliphatic rings. The summed E-state index contributed by atoms with van der Waals surface area (Å²) in [5.41, 5.74) is 4.71. The average molecular weight is 365 g/mol. The lowest BCUT2D eigenvalue weighted by Gasteiger charge is -2.31. The van der Waals surface area contributed by atoms with Crippen LogP contribution in [-0.4, -0.2) is 32.6 Å². The fraction of sp³-hybridized carbons (Fsp3) is 0.316. The quantitative estimate of drug-likeness (QED) is 0.549. The highest BCUT2D eigenvalue weighted by Crippen LogP contribution is 2.30. The van der Waals surface area contributed by atoms with Crippen LogP contribution in [0.3, 0.4) is 0 Å². The van der Waals surface area contributed by atoms with Gasteiger partial charge < -0.3 is 13.9 Å². The van der Waals surface area contributed by atoms with E-state index in [2.05, 4.69) is 29.8 Å². The van der Waals surface area contributed by atoms with Crippen LogP contribution >= 0.6 is 11.3 Å². The summed E-state index contributed by atoms with van der Waals surface area (Å²) in [5.74, 6) is 1.49. The Bertz CT molecular complexity index is 973. The average Bonchev–Trinajstić information content (AvgIpc) is 3.42. The molecule has 1 aromatic carbocycles. The Morgan fingerprint density at radius 1 is 1.23 bits per heavy atom. The molecular weight excluding hydrogens is 346 g/mol. The molecule has 0 N–H and O–H groups in total. The number of oxazole rings is 1. The number of imidazole rings is 1. The summed E-state index contributed by atoms with van der Waals surface area (Å²) in [6, 6.07) is 8.64. The van der Waals surface area contributed by atoms with E-state index in [1.165, 1.54) is 0 Å². The van der Waals surface area contributed by atoms with Crippen molar-refractivity contribution in [3.63, 3.8) is 0 Å². The van der Waals surface area contributed by atoms with Gasteiger partial charge in [0.2, 0.25) is 0 Å². The number of rotatable bonds is 4. The lowest BCUT2D eigenvalue weighted by Crippen LogP contribution is -2.35. The van der Waals surface area contributed by atoms with Crippen LogP contribution in [0.5, 0.6) is 0 Å². The van der Waals surface area contributed by atoms with Crippen LogP contribution in [-0.2, 0) is 6.54 Å². The van der Waals surface area contributed by atoms with Gasteiger partial charge in [0.25, 0.3) is 6.01 Å². The number of thiazole rings is 1. The van der Waals surface area contributed by atoms with Crippen LogP contribution in [0, 0.1) is 0 Å². The number of hydrogen-bond acceptors (Lipinski definition) is 6. The van der Waals surface area contributed by atoms with Crippen molar-refractivity contribution >= 4 is 28.5 Å². The van der Waals surface area contributed by atoms with E-state index in [0.29, 0.717) is 11.9 Å². The van der Waals surface area contributed by atoms with Crippen molar-refractivity contribution in [3.05, 3.63) is 59.1 Å². The first-order chi connectivity index (χ1) is 12.9. The Kier molecular flexibility index (Phi) is 3.93. The molecule has 4 heterocycles. The number of anilines is 1. The summed E-state index contributed by atoms with van der Waals surface area (Å²) in [6.45, 7) is 2.62. The van der Waals surface area contributed by atoms with Crippen molar-refractivity contribution in [1.82, 2.24) is 19.5 Å². The Hall–Kier alpha value is -2.67. The van der Waals surface area contributed by atoms with Crippen LogP contribution < -0.4 is 4.90 Å². The molecule has 6 nitrogen and oxygen atoms in total. The predicted octanol–water partition coefficient (Wildman–Crippen LogP) is 3.91. The Labute approximate surface area is 155 Å². The third-order valence-electron chi connectivity index (χ3n) is 4.90. The monoisotopic (exact) mass is 365 g/mol. The minimum atomic E-state index is 0.368. The Morgan fingerprint density at radius 3 is 3.08 bits per heavy atom. The van der Waals surface area contributed by atoms with Gasteiger partial charge in [-0.3, -0.25) is 0 Å². The molecule has 3 aromatic heterocycles. The second-order valence-electron chi connectivity index (χ2n) is 6.64. The topological polar surface area (TPSA) is 60.0 Å². The van der Waals surface area contributed by atoms with Gasteiger partial charge in [-0.2, -0.15) is 4.98 Å². The highest BCUT2D eigenvalue weighted by molar-refractivity contribution is 7.07. The standard InChI is InChI=1S/C19H19N5OS/c1-2-6-17-16(5-1)22-19(25-17)24-8-3-4-14(10-24)18-20-7-9-23(18)11-15-12-26-13-21-15/h1-2,5-7,9,12-14H,3-4,8,10-11H2/t14-/m1/s1. The van der Waals surface area contributed by atoms with Crippen molar-refractivity contribution in [1.29, 1.82) is 0 Å². The molecule has 4 aromatic rings. The summed E-state index contributed by atoms with van der Waals surface area (Å²) in [5, 5.41) is 2.09. The molecule has 1 aliphatic heterocycles. The van der Waals surface area contributed by atoms with Gasteiger partial charge in [0.1, 0.15) is 11.3 Å². The molecule has 132 valence electrons. The van der Waals surface area contributed by atoms with Gasteiger partial charge in [-0.25, -0.2) is 9.97 Å². The van der Waals surface area contributed by atoms with E-state index in [-0.39, 0.29) is 0 Å². The summed E-state index contributed by atoms with van der Waals surface area (Å²) in [7, 11) is 0. The van der Waals surface area contributed by atoms with Gasteiger partial charge in [0.15, 0.2) is 5.58 Å². The number of hydrogen-bond donors (Lipinski definition) is 0. The van der Waals surface area contributed by atoms with Crippen LogP contribution in [0.2, 0.25) is 0 Å². The van der Waals surface area contributed by atoms with Crippen LogP contribution in [0.1, 0.15) is 30.3 Å². The van der Waals surface area contributed by atoms with E-state index in [9.17, 15) is 0 Å². The number of aromatic nitrogens is 4. The lowest BCUT2D eigenvalue weighted by molar-refractivity contribution is 0.447. The van der Waals surface area contributed by atoms with Gasteiger partial charge in [-0.15, -0.1) is 11.3 Å². The van der Waals surface area contributed by atoms with E-state index in [0.717, 1.165) is 55.1 Å². The molecule has 0 radical (unpaired) electrons. The number of para-hydroxylation sites is 2. The summed E-state index contributed by atoms with van der Waals surface area (Å²) < 4.78 is 8.19. The fourth-order valence-electron chi connectivity index (χ4n) is 3.66. The maximum absolute atomic E-state index is 5.97. The molecule has 0 spiro atoms. The second-order valence-corrected chi connectivity index (χ2v) is 7.36. The normalized spacial score (nSPS) is 17.8. The van der Waals surface area contributed by atoms with Crippen molar-refractivity contribution in [3.8, 4) is 0 Å². The minimum absolute atomic E-state index is 0.368. The highest BCUT2D eigenvalue weighted by atomic mass is 32.1. The van der Waals surface area contributed by atoms with Crippen molar-refractivity contribution in [2.24, 2.45) is 0 Å². The molecule has 1 atom stereocenters. The first-order valence-electron chi connectivity index (χ1n) is 8.85. The molecule has 0 aliphatic carbocycles. The predicted molar refractivity (Wildman–Crippen MR) is 102 cm³/mol. The molecule has 26 heavy (non-hydrogen) atoms. The largest absolute Gasteiger partial charge is 0.423 e. The molecule has 1 saturated heterocycles. The van der Waals surface area contributed by atoms with E-state index in [4.69, 9.17) is 4.42 Å². The molecular formula is C19H19N5OS. The van der Waals surface area contributed by atoms with Gasteiger partial charge in [0.05, 0.1) is 17.7 Å². The minimum Gasteiger partial charge on any atom is -0.423 e.